The zero-order valence-corrected chi connectivity index (χ0v) is 12.3. The molecule has 0 amide bonds. The van der Waals surface area contributed by atoms with Crippen LogP contribution in [-0.4, -0.2) is 5.11 Å². The maximum atomic E-state index is 10.5. The molecule has 0 fully saturated rings. The zero-order valence-electron chi connectivity index (χ0n) is 10.7. The van der Waals surface area contributed by atoms with Crippen LogP contribution in [-0.2, 0) is 18.0 Å². The van der Waals surface area contributed by atoms with Crippen molar-refractivity contribution in [1.29, 1.82) is 0 Å². The Kier molecular flexibility index (Phi) is 3.44. The summed E-state index contributed by atoms with van der Waals surface area (Å²) >= 11 is 3.52. The third kappa shape index (κ3) is 2.46. The lowest BCUT2D eigenvalue weighted by molar-refractivity contribution is 0.134. The monoisotopic (exact) mass is 318 g/mol. The number of hydrogen-bond donors (Lipinski definition) is 1. The predicted molar refractivity (Wildman–Crippen MR) is 77.9 cm³/mol. The van der Waals surface area contributed by atoms with Crippen LogP contribution in [0.1, 0.15) is 33.9 Å². The maximum absolute atomic E-state index is 10.5. The van der Waals surface area contributed by atoms with Crippen molar-refractivity contribution in [2.75, 3.05) is 0 Å². The van der Waals surface area contributed by atoms with Gasteiger partial charge >= 0.3 is 0 Å². The number of ether oxygens (including phenoxy) is 1. The van der Waals surface area contributed by atoms with Gasteiger partial charge in [-0.15, -0.1) is 0 Å². The van der Waals surface area contributed by atoms with Crippen molar-refractivity contribution in [3.63, 3.8) is 0 Å². The van der Waals surface area contributed by atoms with E-state index in [0.717, 1.165) is 15.6 Å². The van der Waals surface area contributed by atoms with Gasteiger partial charge in [-0.25, -0.2) is 0 Å². The first-order valence-electron chi connectivity index (χ1n) is 6.29. The van der Waals surface area contributed by atoms with Gasteiger partial charge in [0.05, 0.1) is 13.2 Å². The van der Waals surface area contributed by atoms with Crippen molar-refractivity contribution in [3.05, 3.63) is 68.7 Å². The van der Waals surface area contributed by atoms with E-state index in [1.165, 1.54) is 16.7 Å². The van der Waals surface area contributed by atoms with Crippen LogP contribution in [0.4, 0.5) is 0 Å². The second-order valence-corrected chi connectivity index (χ2v) is 5.80. The molecule has 1 aliphatic heterocycles. The normalized spacial score (nSPS) is 15.3. The molecule has 0 aromatic heterocycles. The fraction of sp³-hybridized carbons (Fsp3) is 0.250. The van der Waals surface area contributed by atoms with Crippen LogP contribution in [0.5, 0.6) is 0 Å². The van der Waals surface area contributed by atoms with Crippen LogP contribution < -0.4 is 0 Å². The molecule has 2 aromatic carbocycles. The van der Waals surface area contributed by atoms with Gasteiger partial charge in [0.2, 0.25) is 0 Å². The quantitative estimate of drug-likeness (QED) is 0.910. The average Bonchev–Trinajstić information content (AvgIpc) is 2.85. The van der Waals surface area contributed by atoms with E-state index in [-0.39, 0.29) is 0 Å². The first-order valence-corrected chi connectivity index (χ1v) is 7.08. The van der Waals surface area contributed by atoms with E-state index in [0.29, 0.717) is 13.2 Å². The number of aliphatic hydroxyl groups excluding tert-OH is 1. The van der Waals surface area contributed by atoms with E-state index in [1.54, 1.807) is 0 Å². The van der Waals surface area contributed by atoms with Crippen LogP contribution in [0.3, 0.4) is 0 Å². The highest BCUT2D eigenvalue weighted by Crippen LogP contribution is 2.31. The van der Waals surface area contributed by atoms with E-state index in [1.807, 2.05) is 43.3 Å². The lowest BCUT2D eigenvalue weighted by Gasteiger charge is -2.15. The largest absolute Gasteiger partial charge is 0.384 e. The molecular formula is C16H15BrO2. The molecule has 98 valence electrons. The van der Waals surface area contributed by atoms with Crippen molar-refractivity contribution >= 4 is 15.9 Å². The molecule has 0 spiro atoms. The lowest BCUT2D eigenvalue weighted by atomic mass is 9.97. The minimum Gasteiger partial charge on any atom is -0.384 e. The molecule has 3 heteroatoms. The van der Waals surface area contributed by atoms with Crippen LogP contribution in [0.2, 0.25) is 0 Å². The van der Waals surface area contributed by atoms with Gasteiger partial charge in [0.15, 0.2) is 0 Å². The van der Waals surface area contributed by atoms with Gasteiger partial charge in [-0.2, -0.15) is 0 Å². The summed E-state index contributed by atoms with van der Waals surface area (Å²) in [6.45, 7) is 3.36. The SMILES string of the molecule is Cc1ccc(C(O)c2ccc3c(c2)COC3)c(Br)c1. The average molecular weight is 319 g/mol. The van der Waals surface area contributed by atoms with Crippen LogP contribution in [0.25, 0.3) is 0 Å². The van der Waals surface area contributed by atoms with Crippen molar-refractivity contribution < 1.29 is 9.84 Å². The van der Waals surface area contributed by atoms with Crippen molar-refractivity contribution in [1.82, 2.24) is 0 Å². The predicted octanol–water partition coefficient (Wildman–Crippen LogP) is 3.87. The Morgan fingerprint density at radius 3 is 2.68 bits per heavy atom. The molecule has 2 nitrogen and oxygen atoms in total. The Balaban J connectivity index is 1.97. The lowest BCUT2D eigenvalue weighted by Crippen LogP contribution is -2.02. The molecule has 3 rings (SSSR count). The Labute approximate surface area is 121 Å². The number of fused-ring (bicyclic) bond motifs is 1. The molecule has 0 saturated carbocycles. The highest BCUT2D eigenvalue weighted by molar-refractivity contribution is 9.10. The van der Waals surface area contributed by atoms with Gasteiger partial charge in [-0.3, -0.25) is 0 Å². The van der Waals surface area contributed by atoms with Gasteiger partial charge in [0.1, 0.15) is 6.10 Å². The van der Waals surface area contributed by atoms with E-state index in [2.05, 4.69) is 15.9 Å². The van der Waals surface area contributed by atoms with Crippen molar-refractivity contribution in [2.45, 2.75) is 26.2 Å². The highest BCUT2D eigenvalue weighted by Gasteiger charge is 2.17. The van der Waals surface area contributed by atoms with Crippen LogP contribution in [0, 0.1) is 6.92 Å². The molecule has 1 heterocycles. The van der Waals surface area contributed by atoms with Gasteiger partial charge in [0, 0.05) is 4.47 Å². The Bertz CT molecular complexity index is 622. The standard InChI is InChI=1S/C16H15BrO2/c1-10-2-5-14(15(17)6-10)16(18)11-3-4-12-8-19-9-13(12)7-11/h2-7,16,18H,8-9H2,1H3. The summed E-state index contributed by atoms with van der Waals surface area (Å²) in [7, 11) is 0. The topological polar surface area (TPSA) is 29.5 Å². The van der Waals surface area contributed by atoms with Gasteiger partial charge in [-0.1, -0.05) is 46.3 Å². The van der Waals surface area contributed by atoms with Crippen LogP contribution >= 0.6 is 15.9 Å². The third-order valence-corrected chi connectivity index (χ3v) is 4.20. The number of aliphatic hydroxyl groups is 1. The summed E-state index contributed by atoms with van der Waals surface area (Å²) < 4.78 is 6.35. The summed E-state index contributed by atoms with van der Waals surface area (Å²) in [5, 5.41) is 10.5. The Morgan fingerprint density at radius 2 is 1.89 bits per heavy atom. The first kappa shape index (κ1) is 12.9. The van der Waals surface area contributed by atoms with Crippen LogP contribution in [0.15, 0.2) is 40.9 Å². The molecule has 2 aromatic rings. The second-order valence-electron chi connectivity index (χ2n) is 4.95. The number of benzene rings is 2. The summed E-state index contributed by atoms with van der Waals surface area (Å²) in [5.74, 6) is 0. The summed E-state index contributed by atoms with van der Waals surface area (Å²) in [6, 6.07) is 12.1. The summed E-state index contributed by atoms with van der Waals surface area (Å²) in [5.41, 5.74) is 5.38. The molecule has 1 atom stereocenters. The van der Waals surface area contributed by atoms with E-state index in [4.69, 9.17) is 4.74 Å². The van der Waals surface area contributed by atoms with Crippen molar-refractivity contribution in [3.8, 4) is 0 Å². The molecule has 1 aliphatic rings. The molecular weight excluding hydrogens is 304 g/mol. The molecule has 0 aliphatic carbocycles. The van der Waals surface area contributed by atoms with E-state index < -0.39 is 6.10 Å². The molecule has 19 heavy (non-hydrogen) atoms. The molecule has 0 bridgehead atoms. The fourth-order valence-corrected chi connectivity index (χ4v) is 3.11. The summed E-state index contributed by atoms with van der Waals surface area (Å²) in [6.07, 6.45) is -0.610. The van der Waals surface area contributed by atoms with E-state index in [9.17, 15) is 5.11 Å². The number of aryl methyl sites for hydroxylation is 1. The van der Waals surface area contributed by atoms with Gasteiger partial charge < -0.3 is 9.84 Å². The number of hydrogen-bond acceptors (Lipinski definition) is 2. The highest BCUT2D eigenvalue weighted by atomic mass is 79.9. The molecule has 0 radical (unpaired) electrons. The Morgan fingerprint density at radius 1 is 1.11 bits per heavy atom. The first-order chi connectivity index (χ1) is 9.15. The molecule has 1 N–H and O–H groups in total. The fourth-order valence-electron chi connectivity index (χ4n) is 2.40. The van der Waals surface area contributed by atoms with Gasteiger partial charge in [0.25, 0.3) is 0 Å². The third-order valence-electron chi connectivity index (χ3n) is 3.51. The Hall–Kier alpha value is -1.16. The molecule has 0 saturated heterocycles. The van der Waals surface area contributed by atoms with Crippen molar-refractivity contribution in [2.24, 2.45) is 0 Å². The molecule has 1 unspecified atom stereocenters. The summed E-state index contributed by atoms with van der Waals surface area (Å²) in [4.78, 5) is 0. The number of rotatable bonds is 2. The minimum atomic E-state index is -0.610. The maximum Gasteiger partial charge on any atom is 0.105 e. The van der Waals surface area contributed by atoms with E-state index >= 15 is 0 Å². The number of halogens is 1. The zero-order chi connectivity index (χ0) is 13.4. The smallest absolute Gasteiger partial charge is 0.105 e. The minimum absolute atomic E-state index is 0.610. The second kappa shape index (κ2) is 5.08. The van der Waals surface area contributed by atoms with Gasteiger partial charge in [-0.05, 0) is 40.8 Å².